The minimum atomic E-state index is 0.0725. The fourth-order valence-corrected chi connectivity index (χ4v) is 3.43. The number of nitrogens with one attached hydrogen (secondary N) is 1. The Morgan fingerprint density at radius 1 is 1.41 bits per heavy atom. The van der Waals surface area contributed by atoms with Crippen LogP contribution in [0.15, 0.2) is 6.07 Å². The second-order valence-corrected chi connectivity index (χ2v) is 7.29. The van der Waals surface area contributed by atoms with Crippen molar-refractivity contribution >= 4 is 5.91 Å². The van der Waals surface area contributed by atoms with Gasteiger partial charge < -0.3 is 4.90 Å². The van der Waals surface area contributed by atoms with Gasteiger partial charge in [0.2, 0.25) is 0 Å². The van der Waals surface area contributed by atoms with E-state index in [9.17, 15) is 4.79 Å². The first-order chi connectivity index (χ1) is 10.5. The van der Waals surface area contributed by atoms with Crippen LogP contribution in [0.2, 0.25) is 0 Å². The summed E-state index contributed by atoms with van der Waals surface area (Å²) in [5.74, 6) is 1.54. The average molecular weight is 304 g/mol. The summed E-state index contributed by atoms with van der Waals surface area (Å²) in [5, 5.41) is 7.01. The molecule has 5 nitrogen and oxygen atoms in total. The van der Waals surface area contributed by atoms with Crippen LogP contribution in [-0.4, -0.2) is 58.1 Å². The van der Waals surface area contributed by atoms with Gasteiger partial charge in [0.1, 0.15) is 5.69 Å². The quantitative estimate of drug-likeness (QED) is 0.928. The number of nitrogens with zero attached hydrogens (tertiary/aromatic N) is 3. The Bertz CT molecular complexity index is 520. The van der Waals surface area contributed by atoms with E-state index in [2.05, 4.69) is 28.9 Å². The van der Waals surface area contributed by atoms with Crippen LogP contribution in [-0.2, 0) is 0 Å². The highest BCUT2D eigenvalue weighted by molar-refractivity contribution is 5.92. The Balaban J connectivity index is 1.71. The fraction of sp³-hybridized carbons (Fsp3) is 0.765. The van der Waals surface area contributed by atoms with Crippen molar-refractivity contribution in [3.8, 4) is 0 Å². The predicted molar refractivity (Wildman–Crippen MR) is 86.8 cm³/mol. The lowest BCUT2D eigenvalue weighted by atomic mass is 10.0. The van der Waals surface area contributed by atoms with E-state index in [4.69, 9.17) is 0 Å². The Hall–Kier alpha value is -1.36. The zero-order valence-electron chi connectivity index (χ0n) is 14.0. The first-order valence-electron chi connectivity index (χ1n) is 8.60. The highest BCUT2D eigenvalue weighted by Crippen LogP contribution is 2.32. The van der Waals surface area contributed by atoms with Crippen LogP contribution in [0.25, 0.3) is 0 Å². The third kappa shape index (κ3) is 3.51. The molecule has 1 aliphatic carbocycles. The van der Waals surface area contributed by atoms with Gasteiger partial charge in [0.25, 0.3) is 5.91 Å². The van der Waals surface area contributed by atoms with Crippen LogP contribution < -0.4 is 0 Å². The predicted octanol–water partition coefficient (Wildman–Crippen LogP) is 2.30. The van der Waals surface area contributed by atoms with Crippen molar-refractivity contribution in [1.82, 2.24) is 20.0 Å². The number of H-pyrrole nitrogens is 1. The van der Waals surface area contributed by atoms with Gasteiger partial charge >= 0.3 is 0 Å². The first kappa shape index (κ1) is 15.5. The topological polar surface area (TPSA) is 52.2 Å². The summed E-state index contributed by atoms with van der Waals surface area (Å²) in [7, 11) is 0. The van der Waals surface area contributed by atoms with Gasteiger partial charge in [-0.2, -0.15) is 5.10 Å². The molecule has 2 fully saturated rings. The van der Waals surface area contributed by atoms with E-state index >= 15 is 0 Å². The first-order valence-corrected chi connectivity index (χ1v) is 8.60. The number of hydrogen-bond acceptors (Lipinski definition) is 3. The molecule has 122 valence electrons. The van der Waals surface area contributed by atoms with E-state index in [1.807, 2.05) is 17.9 Å². The van der Waals surface area contributed by atoms with Crippen LogP contribution in [0.3, 0.4) is 0 Å². The van der Waals surface area contributed by atoms with Gasteiger partial charge in [-0.3, -0.25) is 14.8 Å². The van der Waals surface area contributed by atoms with Gasteiger partial charge in [-0.25, -0.2) is 0 Å². The molecule has 3 rings (SSSR count). The van der Waals surface area contributed by atoms with Gasteiger partial charge in [-0.05, 0) is 44.1 Å². The molecule has 1 aliphatic heterocycles. The average Bonchev–Trinajstić information content (AvgIpc) is 3.23. The Morgan fingerprint density at radius 3 is 2.77 bits per heavy atom. The van der Waals surface area contributed by atoms with Gasteiger partial charge in [0.15, 0.2) is 0 Å². The summed E-state index contributed by atoms with van der Waals surface area (Å²) in [6.45, 7) is 10.5. The molecule has 1 aromatic rings. The third-order valence-electron chi connectivity index (χ3n) is 4.92. The molecule has 1 saturated carbocycles. The molecule has 1 N–H and O–H groups in total. The van der Waals surface area contributed by atoms with Gasteiger partial charge in [0, 0.05) is 37.9 Å². The van der Waals surface area contributed by atoms with E-state index < -0.39 is 0 Å². The lowest BCUT2D eigenvalue weighted by molar-refractivity contribution is 0.0698. The molecular weight excluding hydrogens is 276 g/mol. The normalized spacial score (nSPS) is 23.8. The van der Waals surface area contributed by atoms with E-state index in [0.29, 0.717) is 17.7 Å². The lowest BCUT2D eigenvalue weighted by Gasteiger charge is -2.34. The monoisotopic (exact) mass is 304 g/mol. The second kappa shape index (κ2) is 6.41. The lowest BCUT2D eigenvalue weighted by Crippen LogP contribution is -2.46. The summed E-state index contributed by atoms with van der Waals surface area (Å²) >= 11 is 0. The highest BCUT2D eigenvalue weighted by atomic mass is 16.2. The zero-order chi connectivity index (χ0) is 15.7. The largest absolute Gasteiger partial charge is 0.336 e. The molecule has 2 aliphatic rings. The van der Waals surface area contributed by atoms with Crippen molar-refractivity contribution in [2.45, 2.75) is 46.1 Å². The minimum absolute atomic E-state index is 0.0725. The van der Waals surface area contributed by atoms with Crippen molar-refractivity contribution in [2.75, 3.05) is 26.2 Å². The highest BCUT2D eigenvalue weighted by Gasteiger charge is 2.33. The maximum atomic E-state index is 12.7. The second-order valence-electron chi connectivity index (χ2n) is 7.29. The van der Waals surface area contributed by atoms with Crippen LogP contribution in [0.5, 0.6) is 0 Å². The van der Waals surface area contributed by atoms with Crippen molar-refractivity contribution in [3.63, 3.8) is 0 Å². The van der Waals surface area contributed by atoms with Crippen molar-refractivity contribution < 1.29 is 4.79 Å². The Morgan fingerprint density at radius 2 is 2.18 bits per heavy atom. The number of amides is 1. The van der Waals surface area contributed by atoms with Crippen LogP contribution in [0.4, 0.5) is 0 Å². The number of rotatable bonds is 4. The van der Waals surface area contributed by atoms with Crippen LogP contribution >= 0.6 is 0 Å². The number of aromatic nitrogens is 2. The molecule has 22 heavy (non-hydrogen) atoms. The smallest absolute Gasteiger partial charge is 0.274 e. The summed E-state index contributed by atoms with van der Waals surface area (Å²) in [5.41, 5.74) is 1.49. The molecule has 1 amide bonds. The summed E-state index contributed by atoms with van der Waals surface area (Å²) in [6.07, 6.45) is 3.83. The summed E-state index contributed by atoms with van der Waals surface area (Å²) in [6, 6.07) is 2.31. The number of aromatic amines is 1. The molecule has 2 heterocycles. The molecule has 0 aromatic carbocycles. The zero-order valence-corrected chi connectivity index (χ0v) is 14.0. The number of carbonyl (C=O) groups excluding carboxylic acids is 1. The van der Waals surface area contributed by atoms with Crippen LogP contribution in [0.1, 0.15) is 49.3 Å². The van der Waals surface area contributed by atoms with Gasteiger partial charge in [0.05, 0.1) is 0 Å². The number of hydrogen-bond donors (Lipinski definition) is 1. The molecule has 0 bridgehead atoms. The molecule has 1 atom stereocenters. The molecule has 0 radical (unpaired) electrons. The van der Waals surface area contributed by atoms with E-state index in [1.54, 1.807) is 0 Å². The fourth-order valence-electron chi connectivity index (χ4n) is 3.43. The Kier molecular flexibility index (Phi) is 4.52. The van der Waals surface area contributed by atoms with Crippen LogP contribution in [0, 0.1) is 18.8 Å². The number of carbonyl (C=O) groups is 1. The third-order valence-corrected chi connectivity index (χ3v) is 4.92. The van der Waals surface area contributed by atoms with Gasteiger partial charge in [-0.1, -0.05) is 13.8 Å². The van der Waals surface area contributed by atoms with Gasteiger partial charge in [-0.15, -0.1) is 0 Å². The van der Waals surface area contributed by atoms with E-state index in [0.717, 1.165) is 37.7 Å². The molecular formula is C17H28N4O. The molecule has 1 saturated heterocycles. The summed E-state index contributed by atoms with van der Waals surface area (Å²) in [4.78, 5) is 17.3. The minimum Gasteiger partial charge on any atom is -0.336 e. The van der Waals surface area contributed by atoms with Crippen molar-refractivity contribution in [1.29, 1.82) is 0 Å². The van der Waals surface area contributed by atoms with Crippen molar-refractivity contribution in [2.24, 2.45) is 11.8 Å². The van der Waals surface area contributed by atoms with Crippen molar-refractivity contribution in [3.05, 3.63) is 17.5 Å². The standard InChI is InChI=1S/C17H28N4O/c1-12(2)16-11-21(17(22)15-9-13(3)18-19-15)8-4-7-20(16)10-14-5-6-14/h9,12,14,16H,4-8,10-11H2,1-3H3,(H,18,19)/t16-/m1/s1. The maximum Gasteiger partial charge on any atom is 0.274 e. The molecule has 1 aromatic heterocycles. The van der Waals surface area contributed by atoms with E-state index in [-0.39, 0.29) is 5.91 Å². The summed E-state index contributed by atoms with van der Waals surface area (Å²) < 4.78 is 0. The SMILES string of the molecule is Cc1cc(C(=O)N2CCCN(CC3CC3)[C@@H](C(C)C)C2)n[nH]1. The van der Waals surface area contributed by atoms with E-state index in [1.165, 1.54) is 19.4 Å². The molecule has 5 heteroatoms. The Labute approximate surface area is 133 Å². The molecule has 0 unspecified atom stereocenters. The maximum absolute atomic E-state index is 12.7. The number of aryl methyl sites for hydroxylation is 1. The molecule has 0 spiro atoms.